The largest absolute Gasteiger partial charge is 0.374 e. The van der Waals surface area contributed by atoms with Crippen LogP contribution >= 0.6 is 0 Å². The van der Waals surface area contributed by atoms with Gasteiger partial charge in [0.1, 0.15) is 15.9 Å². The molecular weight excluding hydrogens is 246 g/mol. The van der Waals surface area contributed by atoms with Crippen molar-refractivity contribution in [3.8, 4) is 0 Å². The maximum atomic E-state index is 11.0. The second-order valence-corrected chi connectivity index (χ2v) is 6.15. The first-order valence-electron chi connectivity index (χ1n) is 5.13. The van der Waals surface area contributed by atoms with E-state index in [9.17, 15) is 8.42 Å². The van der Waals surface area contributed by atoms with Crippen LogP contribution in [-0.4, -0.2) is 37.7 Å². The molecule has 8 heteroatoms. The first-order valence-corrected chi connectivity index (χ1v) is 7.19. The minimum absolute atomic E-state index is 0.00822. The van der Waals surface area contributed by atoms with Gasteiger partial charge in [0.05, 0.1) is 11.8 Å². The molecule has 0 radical (unpaired) electrons. The molecule has 98 valence electrons. The Morgan fingerprint density at radius 1 is 1.53 bits per heavy atom. The molecule has 1 rings (SSSR count). The van der Waals surface area contributed by atoms with Crippen molar-refractivity contribution in [3.63, 3.8) is 0 Å². The zero-order valence-electron chi connectivity index (χ0n) is 10.1. The lowest BCUT2D eigenvalue weighted by molar-refractivity contribution is 0.109. The molecule has 0 aliphatic rings. The molecule has 1 aromatic heterocycles. The number of aromatic nitrogens is 2. The molecule has 2 atom stereocenters. The van der Waals surface area contributed by atoms with E-state index < -0.39 is 15.9 Å². The van der Waals surface area contributed by atoms with Crippen LogP contribution in [0.3, 0.4) is 0 Å². The number of sulfone groups is 1. The molecule has 0 saturated carbocycles. The molecule has 0 amide bonds. The smallest absolute Gasteiger partial charge is 0.243 e. The van der Waals surface area contributed by atoms with Crippen LogP contribution in [0.4, 0.5) is 0 Å². The van der Waals surface area contributed by atoms with Crippen LogP contribution in [0.25, 0.3) is 0 Å². The van der Waals surface area contributed by atoms with E-state index in [1.807, 2.05) is 0 Å². The Morgan fingerprint density at radius 2 is 2.18 bits per heavy atom. The fraction of sp³-hybridized carbons (Fsp3) is 0.778. The van der Waals surface area contributed by atoms with Gasteiger partial charge >= 0.3 is 0 Å². The summed E-state index contributed by atoms with van der Waals surface area (Å²) in [5.74, 6) is 0.621. The van der Waals surface area contributed by atoms with Crippen LogP contribution < -0.4 is 5.73 Å². The van der Waals surface area contributed by atoms with E-state index in [2.05, 4.69) is 10.1 Å². The van der Waals surface area contributed by atoms with E-state index in [0.717, 1.165) is 6.26 Å². The highest BCUT2D eigenvalue weighted by Gasteiger charge is 2.19. The van der Waals surface area contributed by atoms with Crippen molar-refractivity contribution in [3.05, 3.63) is 11.7 Å². The summed E-state index contributed by atoms with van der Waals surface area (Å²) < 4.78 is 31.9. The minimum Gasteiger partial charge on any atom is -0.374 e. The van der Waals surface area contributed by atoms with Crippen molar-refractivity contribution in [2.45, 2.75) is 25.5 Å². The van der Waals surface area contributed by atoms with Gasteiger partial charge in [0.2, 0.25) is 5.89 Å². The van der Waals surface area contributed by atoms with E-state index in [-0.39, 0.29) is 24.2 Å². The maximum Gasteiger partial charge on any atom is 0.243 e. The maximum absolute atomic E-state index is 11.0. The molecule has 1 heterocycles. The van der Waals surface area contributed by atoms with Crippen LogP contribution in [0.1, 0.15) is 37.2 Å². The number of methoxy groups -OCH3 is 1. The van der Waals surface area contributed by atoms with Crippen molar-refractivity contribution in [2.24, 2.45) is 5.73 Å². The summed E-state index contributed by atoms with van der Waals surface area (Å²) in [5, 5.41) is 3.71. The normalized spacial score (nSPS) is 15.8. The van der Waals surface area contributed by atoms with Gasteiger partial charge in [0, 0.05) is 13.4 Å². The van der Waals surface area contributed by atoms with Gasteiger partial charge in [-0.25, -0.2) is 8.42 Å². The molecule has 0 saturated heterocycles. The predicted molar refractivity (Wildman–Crippen MR) is 61.0 cm³/mol. The molecule has 0 fully saturated rings. The van der Waals surface area contributed by atoms with Gasteiger partial charge in [-0.05, 0) is 13.3 Å². The molecule has 0 aliphatic heterocycles. The van der Waals surface area contributed by atoms with Crippen LogP contribution in [0.15, 0.2) is 4.52 Å². The zero-order valence-corrected chi connectivity index (χ0v) is 10.9. The Kier molecular flexibility index (Phi) is 4.61. The summed E-state index contributed by atoms with van der Waals surface area (Å²) >= 11 is 0. The highest BCUT2D eigenvalue weighted by Crippen LogP contribution is 2.17. The van der Waals surface area contributed by atoms with Crippen molar-refractivity contribution in [1.82, 2.24) is 10.1 Å². The summed E-state index contributed by atoms with van der Waals surface area (Å²) in [4.78, 5) is 4.06. The number of nitrogens with two attached hydrogens (primary N) is 1. The van der Waals surface area contributed by atoms with Gasteiger partial charge in [0.25, 0.3) is 0 Å². The number of rotatable bonds is 6. The highest BCUT2D eigenvalue weighted by atomic mass is 32.2. The van der Waals surface area contributed by atoms with Gasteiger partial charge in [-0.3, -0.25) is 0 Å². The molecule has 17 heavy (non-hydrogen) atoms. The molecule has 2 N–H and O–H groups in total. The second kappa shape index (κ2) is 5.56. The molecule has 2 unspecified atom stereocenters. The van der Waals surface area contributed by atoms with Crippen LogP contribution in [0.5, 0.6) is 0 Å². The fourth-order valence-electron chi connectivity index (χ4n) is 1.13. The number of ether oxygens (including phenoxy) is 1. The molecular formula is C9H17N3O4S. The van der Waals surface area contributed by atoms with Crippen molar-refractivity contribution >= 4 is 9.84 Å². The summed E-state index contributed by atoms with van der Waals surface area (Å²) in [6, 6.07) is -0.574. The minimum atomic E-state index is -3.04. The SMILES string of the molecule is COC(C)c1noc(C(N)CCS(C)(=O)=O)n1. The lowest BCUT2D eigenvalue weighted by Crippen LogP contribution is -2.16. The third kappa shape index (κ3) is 4.41. The molecule has 0 spiro atoms. The number of nitrogens with zero attached hydrogens (tertiary/aromatic N) is 2. The first-order chi connectivity index (χ1) is 7.83. The van der Waals surface area contributed by atoms with Gasteiger partial charge in [-0.2, -0.15) is 4.98 Å². The second-order valence-electron chi connectivity index (χ2n) is 3.89. The van der Waals surface area contributed by atoms with Crippen molar-refractivity contribution in [2.75, 3.05) is 19.1 Å². The van der Waals surface area contributed by atoms with E-state index in [0.29, 0.717) is 5.82 Å². The lowest BCUT2D eigenvalue weighted by Gasteiger charge is -2.05. The van der Waals surface area contributed by atoms with Gasteiger partial charge in [0.15, 0.2) is 5.82 Å². The molecule has 0 bridgehead atoms. The molecule has 0 aliphatic carbocycles. The third-order valence-electron chi connectivity index (χ3n) is 2.29. The lowest BCUT2D eigenvalue weighted by atomic mass is 10.2. The summed E-state index contributed by atoms with van der Waals surface area (Å²) in [6.07, 6.45) is 1.13. The topological polar surface area (TPSA) is 108 Å². The van der Waals surface area contributed by atoms with E-state index >= 15 is 0 Å². The zero-order chi connectivity index (χ0) is 13.1. The van der Waals surface area contributed by atoms with Gasteiger partial charge in [-0.1, -0.05) is 5.16 Å². The highest BCUT2D eigenvalue weighted by molar-refractivity contribution is 7.90. The monoisotopic (exact) mass is 263 g/mol. The summed E-state index contributed by atoms with van der Waals surface area (Å²) in [7, 11) is -1.50. The van der Waals surface area contributed by atoms with Gasteiger partial charge < -0.3 is 15.0 Å². The summed E-state index contributed by atoms with van der Waals surface area (Å²) in [6.45, 7) is 1.77. The molecule has 7 nitrogen and oxygen atoms in total. The third-order valence-corrected chi connectivity index (χ3v) is 3.27. The molecule has 0 aromatic carbocycles. The number of hydrogen-bond acceptors (Lipinski definition) is 7. The van der Waals surface area contributed by atoms with Crippen LogP contribution in [0.2, 0.25) is 0 Å². The summed E-state index contributed by atoms with van der Waals surface area (Å²) in [5.41, 5.74) is 5.76. The van der Waals surface area contributed by atoms with Crippen LogP contribution in [-0.2, 0) is 14.6 Å². The Hall–Kier alpha value is -0.990. The Bertz CT molecular complexity index is 457. The number of hydrogen-bond donors (Lipinski definition) is 1. The standard InChI is InChI=1S/C9H17N3O4S/c1-6(15-2)8-11-9(16-12-8)7(10)4-5-17(3,13)14/h6-7H,4-5,10H2,1-3H3. The van der Waals surface area contributed by atoms with E-state index in [4.69, 9.17) is 15.0 Å². The Morgan fingerprint density at radius 3 is 2.71 bits per heavy atom. The van der Waals surface area contributed by atoms with Crippen molar-refractivity contribution in [1.29, 1.82) is 0 Å². The average Bonchev–Trinajstić information content (AvgIpc) is 2.73. The predicted octanol–water partition coefficient (Wildman–Crippen LogP) is 0.212. The first kappa shape index (κ1) is 14.1. The Labute approximate surface area is 100 Å². The van der Waals surface area contributed by atoms with E-state index in [1.54, 1.807) is 6.92 Å². The van der Waals surface area contributed by atoms with Crippen molar-refractivity contribution < 1.29 is 17.7 Å². The van der Waals surface area contributed by atoms with E-state index in [1.165, 1.54) is 7.11 Å². The molecule has 1 aromatic rings. The van der Waals surface area contributed by atoms with Gasteiger partial charge in [-0.15, -0.1) is 0 Å². The fourth-order valence-corrected chi connectivity index (χ4v) is 1.81. The van der Waals surface area contributed by atoms with Crippen LogP contribution in [0, 0.1) is 0 Å². The quantitative estimate of drug-likeness (QED) is 0.781. The average molecular weight is 263 g/mol. The Balaban J connectivity index is 2.64.